The third-order valence-corrected chi connectivity index (χ3v) is 2.50. The summed E-state index contributed by atoms with van der Waals surface area (Å²) in [6.07, 6.45) is 1.75. The molecular weight excluding hydrogens is 226 g/mol. The maximum atomic E-state index is 6.04. The van der Waals surface area contributed by atoms with E-state index in [0.717, 1.165) is 32.1 Å². The van der Waals surface area contributed by atoms with E-state index in [2.05, 4.69) is 10.3 Å². The lowest BCUT2D eigenvalue weighted by Crippen LogP contribution is -2.31. The zero-order chi connectivity index (χ0) is 11.8. The van der Waals surface area contributed by atoms with Crippen LogP contribution in [0.3, 0.4) is 0 Å². The van der Waals surface area contributed by atoms with Gasteiger partial charge in [-0.15, -0.1) is 0 Å². The molecule has 1 N–H and O–H groups in total. The molecule has 90 valence electrons. The minimum Gasteiger partial charge on any atom is -0.383 e. The van der Waals surface area contributed by atoms with Crippen molar-refractivity contribution in [2.75, 3.05) is 45.3 Å². The Morgan fingerprint density at radius 1 is 1.50 bits per heavy atom. The molecule has 0 fully saturated rings. The molecule has 0 saturated heterocycles. The maximum Gasteiger partial charge on any atom is 0.147 e. The fourth-order valence-electron chi connectivity index (χ4n) is 1.31. The van der Waals surface area contributed by atoms with Crippen molar-refractivity contribution in [1.82, 2.24) is 10.3 Å². The molecule has 0 amide bonds. The number of hydrogen-bond acceptors (Lipinski definition) is 4. The summed E-state index contributed by atoms with van der Waals surface area (Å²) in [4.78, 5) is 6.26. The number of likely N-dealkylation sites (N-methyl/N-ethyl adjacent to an activating group) is 1. The van der Waals surface area contributed by atoms with Gasteiger partial charge >= 0.3 is 0 Å². The lowest BCUT2D eigenvalue weighted by Gasteiger charge is -2.19. The van der Waals surface area contributed by atoms with Gasteiger partial charge in [0.15, 0.2) is 0 Å². The van der Waals surface area contributed by atoms with Crippen LogP contribution in [0.2, 0.25) is 5.02 Å². The molecule has 0 aromatic carbocycles. The molecule has 0 saturated carbocycles. The highest BCUT2D eigenvalue weighted by Gasteiger charge is 2.05. The van der Waals surface area contributed by atoms with Crippen LogP contribution in [0.4, 0.5) is 5.82 Å². The van der Waals surface area contributed by atoms with E-state index >= 15 is 0 Å². The maximum absolute atomic E-state index is 6.04. The Morgan fingerprint density at radius 3 is 3.00 bits per heavy atom. The number of halogens is 1. The number of pyridine rings is 1. The van der Waals surface area contributed by atoms with Gasteiger partial charge in [-0.05, 0) is 12.1 Å². The summed E-state index contributed by atoms with van der Waals surface area (Å²) in [7, 11) is 3.67. The first-order valence-electron chi connectivity index (χ1n) is 5.27. The third kappa shape index (κ3) is 4.35. The normalized spacial score (nSPS) is 10.4. The molecule has 0 bridgehead atoms. The summed E-state index contributed by atoms with van der Waals surface area (Å²) in [6.45, 7) is 3.33. The summed E-state index contributed by atoms with van der Waals surface area (Å²) >= 11 is 6.04. The molecule has 1 heterocycles. The van der Waals surface area contributed by atoms with Crippen molar-refractivity contribution in [2.24, 2.45) is 0 Å². The van der Waals surface area contributed by atoms with Gasteiger partial charge in [0.25, 0.3) is 0 Å². The zero-order valence-electron chi connectivity index (χ0n) is 9.74. The number of hydrogen-bond donors (Lipinski definition) is 1. The van der Waals surface area contributed by atoms with E-state index in [1.54, 1.807) is 13.3 Å². The van der Waals surface area contributed by atoms with Gasteiger partial charge in [0.05, 0.1) is 11.6 Å². The van der Waals surface area contributed by atoms with Gasteiger partial charge in [-0.25, -0.2) is 4.98 Å². The van der Waals surface area contributed by atoms with Gasteiger partial charge in [-0.2, -0.15) is 0 Å². The van der Waals surface area contributed by atoms with Crippen LogP contribution in [0.15, 0.2) is 18.3 Å². The summed E-state index contributed by atoms with van der Waals surface area (Å²) in [5.41, 5.74) is 0. The van der Waals surface area contributed by atoms with Crippen molar-refractivity contribution in [3.63, 3.8) is 0 Å². The fraction of sp³-hybridized carbons (Fsp3) is 0.545. The minimum atomic E-state index is 0.682. The largest absolute Gasteiger partial charge is 0.383 e. The standard InChI is InChI=1S/C11H18ClN3O/c1-15(8-6-13-7-9-16-2)11-10(12)4-3-5-14-11/h3-5,13H,6-9H2,1-2H3. The molecule has 1 rings (SSSR count). The molecule has 1 aromatic rings. The number of methoxy groups -OCH3 is 1. The van der Waals surface area contributed by atoms with Crippen LogP contribution in [-0.2, 0) is 4.74 Å². The molecule has 0 atom stereocenters. The predicted octanol–water partition coefficient (Wildman–Crippen LogP) is 1.41. The quantitative estimate of drug-likeness (QED) is 0.735. The van der Waals surface area contributed by atoms with E-state index in [-0.39, 0.29) is 0 Å². The van der Waals surface area contributed by atoms with Crippen LogP contribution in [-0.4, -0.2) is 45.4 Å². The SMILES string of the molecule is COCCNCCN(C)c1ncccc1Cl. The molecule has 4 nitrogen and oxygen atoms in total. The van der Waals surface area contributed by atoms with E-state index in [4.69, 9.17) is 16.3 Å². The van der Waals surface area contributed by atoms with Gasteiger partial charge < -0.3 is 15.0 Å². The van der Waals surface area contributed by atoms with Gasteiger partial charge in [-0.1, -0.05) is 11.6 Å². The first-order chi connectivity index (χ1) is 7.75. The number of anilines is 1. The van der Waals surface area contributed by atoms with E-state index < -0.39 is 0 Å². The molecule has 0 aliphatic carbocycles. The minimum absolute atomic E-state index is 0.682. The highest BCUT2D eigenvalue weighted by Crippen LogP contribution is 2.20. The fourth-order valence-corrected chi connectivity index (χ4v) is 1.58. The molecule has 16 heavy (non-hydrogen) atoms. The second-order valence-electron chi connectivity index (χ2n) is 3.47. The van der Waals surface area contributed by atoms with E-state index in [1.165, 1.54) is 0 Å². The van der Waals surface area contributed by atoms with Crippen LogP contribution in [0.5, 0.6) is 0 Å². The monoisotopic (exact) mass is 243 g/mol. The molecule has 5 heteroatoms. The van der Waals surface area contributed by atoms with Crippen LogP contribution in [0, 0.1) is 0 Å². The van der Waals surface area contributed by atoms with Crippen molar-refractivity contribution < 1.29 is 4.74 Å². The second-order valence-corrected chi connectivity index (χ2v) is 3.88. The Balaban J connectivity index is 2.30. The molecular formula is C11H18ClN3O. The number of nitrogens with one attached hydrogen (secondary N) is 1. The molecule has 0 spiro atoms. The summed E-state index contributed by atoms with van der Waals surface area (Å²) < 4.78 is 4.94. The second kappa shape index (κ2) is 7.44. The van der Waals surface area contributed by atoms with Crippen molar-refractivity contribution >= 4 is 17.4 Å². The van der Waals surface area contributed by atoms with E-state index in [0.29, 0.717) is 5.02 Å². The summed E-state index contributed by atoms with van der Waals surface area (Å²) in [5, 5.41) is 3.95. The lowest BCUT2D eigenvalue weighted by molar-refractivity contribution is 0.200. The topological polar surface area (TPSA) is 37.4 Å². The van der Waals surface area contributed by atoms with Gasteiger partial charge in [-0.3, -0.25) is 0 Å². The van der Waals surface area contributed by atoms with Crippen LogP contribution < -0.4 is 10.2 Å². The third-order valence-electron chi connectivity index (χ3n) is 2.21. The van der Waals surface area contributed by atoms with Crippen LogP contribution in [0.25, 0.3) is 0 Å². The smallest absolute Gasteiger partial charge is 0.147 e. The Hall–Kier alpha value is -0.840. The number of ether oxygens (including phenoxy) is 1. The van der Waals surface area contributed by atoms with E-state index in [1.807, 2.05) is 24.1 Å². The number of nitrogens with zero attached hydrogens (tertiary/aromatic N) is 2. The summed E-state index contributed by atoms with van der Waals surface area (Å²) in [5.74, 6) is 0.817. The molecule has 1 aromatic heterocycles. The first-order valence-corrected chi connectivity index (χ1v) is 5.65. The average Bonchev–Trinajstić information content (AvgIpc) is 2.29. The van der Waals surface area contributed by atoms with Gasteiger partial charge in [0, 0.05) is 40.0 Å². The molecule has 0 radical (unpaired) electrons. The van der Waals surface area contributed by atoms with E-state index in [9.17, 15) is 0 Å². The Morgan fingerprint density at radius 2 is 2.31 bits per heavy atom. The molecule has 0 aliphatic rings. The number of rotatable bonds is 7. The van der Waals surface area contributed by atoms with Crippen molar-refractivity contribution in [2.45, 2.75) is 0 Å². The first kappa shape index (κ1) is 13.2. The van der Waals surface area contributed by atoms with Crippen molar-refractivity contribution in [3.8, 4) is 0 Å². The molecule has 0 unspecified atom stereocenters. The van der Waals surface area contributed by atoms with Crippen molar-refractivity contribution in [3.05, 3.63) is 23.4 Å². The van der Waals surface area contributed by atoms with Crippen LogP contribution >= 0.6 is 11.6 Å². The lowest BCUT2D eigenvalue weighted by atomic mass is 10.4. The highest BCUT2D eigenvalue weighted by atomic mass is 35.5. The highest BCUT2D eigenvalue weighted by molar-refractivity contribution is 6.32. The van der Waals surface area contributed by atoms with Gasteiger partial charge in [0.1, 0.15) is 5.82 Å². The summed E-state index contributed by atoms with van der Waals surface area (Å²) in [6, 6.07) is 3.68. The average molecular weight is 244 g/mol. The Bertz CT molecular complexity index is 309. The van der Waals surface area contributed by atoms with Gasteiger partial charge in [0.2, 0.25) is 0 Å². The van der Waals surface area contributed by atoms with Crippen LogP contribution in [0.1, 0.15) is 0 Å². The molecule has 0 aliphatic heterocycles. The Kier molecular flexibility index (Phi) is 6.15. The number of aromatic nitrogens is 1. The zero-order valence-corrected chi connectivity index (χ0v) is 10.5. The van der Waals surface area contributed by atoms with Crippen molar-refractivity contribution in [1.29, 1.82) is 0 Å². The Labute approximate surface area is 102 Å². The predicted molar refractivity (Wildman–Crippen MR) is 67.3 cm³/mol.